The lowest BCUT2D eigenvalue weighted by atomic mass is 10.2. The van der Waals surface area contributed by atoms with E-state index in [-0.39, 0.29) is 13.0 Å². The number of aliphatic carboxylic acids is 1. The fraction of sp³-hybridized carbons (Fsp3) is 0.600. The van der Waals surface area contributed by atoms with Crippen LogP contribution in [0.3, 0.4) is 0 Å². The highest BCUT2D eigenvalue weighted by atomic mass is 16.4. The highest BCUT2D eigenvalue weighted by Crippen LogP contribution is 1.98. The van der Waals surface area contributed by atoms with E-state index < -0.39 is 17.9 Å². The van der Waals surface area contributed by atoms with Gasteiger partial charge in [-0.2, -0.15) is 0 Å². The van der Waals surface area contributed by atoms with E-state index in [1.807, 2.05) is 6.92 Å². The molecule has 86 valence electrons. The monoisotopic (exact) mass is 215 g/mol. The number of amides is 1. The van der Waals surface area contributed by atoms with Crippen LogP contribution in [0.4, 0.5) is 0 Å². The predicted molar refractivity (Wildman–Crippen MR) is 55.3 cm³/mol. The van der Waals surface area contributed by atoms with Gasteiger partial charge in [-0.25, -0.2) is 4.79 Å². The van der Waals surface area contributed by atoms with E-state index in [1.165, 1.54) is 0 Å². The molecule has 0 radical (unpaired) electrons. The summed E-state index contributed by atoms with van der Waals surface area (Å²) in [7, 11) is 0. The maximum absolute atomic E-state index is 11.4. The third-order valence-electron chi connectivity index (χ3n) is 1.89. The summed E-state index contributed by atoms with van der Waals surface area (Å²) in [5, 5.41) is 19.7. The van der Waals surface area contributed by atoms with E-state index in [1.54, 1.807) is 13.0 Å². The normalized spacial score (nSPS) is 13.4. The first kappa shape index (κ1) is 13.6. The second-order valence-electron chi connectivity index (χ2n) is 3.17. The molecule has 0 rings (SSSR count). The second-order valence-corrected chi connectivity index (χ2v) is 3.17. The molecule has 1 amide bonds. The van der Waals surface area contributed by atoms with Crippen LogP contribution in [0.15, 0.2) is 11.6 Å². The first-order valence-electron chi connectivity index (χ1n) is 4.84. The van der Waals surface area contributed by atoms with Gasteiger partial charge in [-0.3, -0.25) is 4.79 Å². The molecule has 15 heavy (non-hydrogen) atoms. The molecule has 0 saturated carbocycles. The van der Waals surface area contributed by atoms with Crippen molar-refractivity contribution in [2.75, 3.05) is 6.61 Å². The third-order valence-corrected chi connectivity index (χ3v) is 1.89. The van der Waals surface area contributed by atoms with Crippen LogP contribution in [0.2, 0.25) is 0 Å². The predicted octanol–water partition coefficient (Wildman–Crippen LogP) is 0.294. The van der Waals surface area contributed by atoms with Crippen LogP contribution in [0.5, 0.6) is 0 Å². The Labute approximate surface area is 88.8 Å². The molecule has 0 aromatic rings. The van der Waals surface area contributed by atoms with Crippen molar-refractivity contribution >= 4 is 11.9 Å². The van der Waals surface area contributed by atoms with Gasteiger partial charge in [0.2, 0.25) is 5.91 Å². The average Bonchev–Trinajstić information content (AvgIpc) is 2.17. The summed E-state index contributed by atoms with van der Waals surface area (Å²) in [5.41, 5.74) is 0.488. The lowest BCUT2D eigenvalue weighted by molar-refractivity contribution is -0.141. The highest BCUT2D eigenvalue weighted by Gasteiger charge is 2.19. The molecule has 0 fully saturated rings. The summed E-state index contributed by atoms with van der Waals surface area (Å²) in [6.45, 7) is 3.24. The minimum Gasteiger partial charge on any atom is -0.480 e. The molecular formula is C10H17NO4. The standard InChI is InChI=1S/C10H17NO4/c1-3-4-7(2)9(13)11-8(5-6-12)10(14)15/h4,8,12H,3,5-6H2,1-2H3,(H,11,13)(H,14,15)/b7-4-/t8-/m1/s1. The topological polar surface area (TPSA) is 86.6 Å². The first-order chi connectivity index (χ1) is 7.02. The number of rotatable bonds is 6. The number of aliphatic hydroxyl groups is 1. The van der Waals surface area contributed by atoms with Gasteiger partial charge >= 0.3 is 5.97 Å². The van der Waals surface area contributed by atoms with Crippen LogP contribution >= 0.6 is 0 Å². The maximum atomic E-state index is 11.4. The Bertz CT molecular complexity index is 260. The molecule has 5 heteroatoms. The molecular weight excluding hydrogens is 198 g/mol. The number of carbonyl (C=O) groups excluding carboxylic acids is 1. The number of hydrogen-bond acceptors (Lipinski definition) is 3. The number of allylic oxidation sites excluding steroid dienone is 1. The van der Waals surface area contributed by atoms with Gasteiger partial charge in [-0.05, 0) is 13.3 Å². The van der Waals surface area contributed by atoms with Crippen molar-refractivity contribution in [1.29, 1.82) is 0 Å². The summed E-state index contributed by atoms with van der Waals surface area (Å²) in [6.07, 6.45) is 2.45. The van der Waals surface area contributed by atoms with Crippen molar-refractivity contribution in [3.63, 3.8) is 0 Å². The number of carboxylic acids is 1. The Balaban J connectivity index is 4.35. The van der Waals surface area contributed by atoms with Crippen molar-refractivity contribution in [3.8, 4) is 0 Å². The molecule has 0 bridgehead atoms. The van der Waals surface area contributed by atoms with E-state index in [4.69, 9.17) is 10.2 Å². The SMILES string of the molecule is CC/C=C(/C)C(=O)N[C@H](CCO)C(=O)O. The summed E-state index contributed by atoms with van der Waals surface area (Å²) in [6, 6.07) is -1.03. The minimum atomic E-state index is -1.14. The highest BCUT2D eigenvalue weighted by molar-refractivity contribution is 5.95. The number of nitrogens with one attached hydrogen (secondary N) is 1. The van der Waals surface area contributed by atoms with Crippen LogP contribution in [-0.2, 0) is 9.59 Å². The molecule has 0 aliphatic rings. The van der Waals surface area contributed by atoms with E-state index in [2.05, 4.69) is 5.32 Å². The Morgan fingerprint density at radius 3 is 2.47 bits per heavy atom. The minimum absolute atomic E-state index is 0.0144. The summed E-state index contributed by atoms with van der Waals surface area (Å²) in [4.78, 5) is 22.1. The zero-order valence-corrected chi connectivity index (χ0v) is 8.99. The van der Waals surface area contributed by atoms with Crippen molar-refractivity contribution < 1.29 is 19.8 Å². The molecule has 0 aromatic carbocycles. The largest absolute Gasteiger partial charge is 0.480 e. The summed E-state index contributed by atoms with van der Waals surface area (Å²) in [5.74, 6) is -1.54. The van der Waals surface area contributed by atoms with Gasteiger partial charge in [0.05, 0.1) is 0 Å². The number of hydrogen-bond donors (Lipinski definition) is 3. The van der Waals surface area contributed by atoms with E-state index >= 15 is 0 Å². The fourth-order valence-corrected chi connectivity index (χ4v) is 1.06. The Kier molecular flexibility index (Phi) is 6.37. The van der Waals surface area contributed by atoms with E-state index in [0.717, 1.165) is 6.42 Å². The lowest BCUT2D eigenvalue weighted by Gasteiger charge is -2.13. The molecule has 5 nitrogen and oxygen atoms in total. The van der Waals surface area contributed by atoms with Crippen LogP contribution < -0.4 is 5.32 Å². The zero-order chi connectivity index (χ0) is 11.8. The zero-order valence-electron chi connectivity index (χ0n) is 8.99. The van der Waals surface area contributed by atoms with Crippen LogP contribution in [-0.4, -0.2) is 34.7 Å². The average molecular weight is 215 g/mol. The van der Waals surface area contributed by atoms with Gasteiger partial charge < -0.3 is 15.5 Å². The van der Waals surface area contributed by atoms with Gasteiger partial charge in [0.25, 0.3) is 0 Å². The maximum Gasteiger partial charge on any atom is 0.326 e. The molecule has 0 aliphatic heterocycles. The van der Waals surface area contributed by atoms with Gasteiger partial charge in [0.1, 0.15) is 6.04 Å². The number of carboxylic acid groups (broad SMARTS) is 1. The van der Waals surface area contributed by atoms with Crippen LogP contribution in [0.1, 0.15) is 26.7 Å². The van der Waals surface area contributed by atoms with Crippen molar-refractivity contribution in [2.24, 2.45) is 0 Å². The number of aliphatic hydroxyl groups excluding tert-OH is 1. The second kappa shape index (κ2) is 7.00. The van der Waals surface area contributed by atoms with Gasteiger partial charge in [-0.15, -0.1) is 0 Å². The van der Waals surface area contributed by atoms with Crippen molar-refractivity contribution in [1.82, 2.24) is 5.32 Å². The molecule has 1 atom stereocenters. The quantitative estimate of drug-likeness (QED) is 0.556. The van der Waals surface area contributed by atoms with Crippen molar-refractivity contribution in [2.45, 2.75) is 32.7 Å². The molecule has 3 N–H and O–H groups in total. The van der Waals surface area contributed by atoms with Crippen LogP contribution in [0, 0.1) is 0 Å². The first-order valence-corrected chi connectivity index (χ1v) is 4.84. The molecule has 0 unspecified atom stereocenters. The molecule has 0 heterocycles. The lowest BCUT2D eigenvalue weighted by Crippen LogP contribution is -2.41. The van der Waals surface area contributed by atoms with Crippen molar-refractivity contribution in [3.05, 3.63) is 11.6 Å². The fourth-order valence-electron chi connectivity index (χ4n) is 1.06. The Morgan fingerprint density at radius 1 is 1.47 bits per heavy atom. The van der Waals surface area contributed by atoms with Gasteiger partial charge in [0.15, 0.2) is 0 Å². The van der Waals surface area contributed by atoms with Gasteiger partial charge in [-0.1, -0.05) is 13.0 Å². The van der Waals surface area contributed by atoms with Crippen LogP contribution in [0.25, 0.3) is 0 Å². The summed E-state index contributed by atoms with van der Waals surface area (Å²) < 4.78 is 0. The Hall–Kier alpha value is -1.36. The van der Waals surface area contributed by atoms with Gasteiger partial charge in [0, 0.05) is 18.6 Å². The molecule has 0 spiro atoms. The number of carbonyl (C=O) groups is 2. The molecule has 0 aromatic heterocycles. The summed E-state index contributed by atoms with van der Waals surface area (Å²) >= 11 is 0. The van der Waals surface area contributed by atoms with E-state index in [0.29, 0.717) is 5.57 Å². The Morgan fingerprint density at radius 2 is 2.07 bits per heavy atom. The van der Waals surface area contributed by atoms with E-state index in [9.17, 15) is 9.59 Å². The smallest absolute Gasteiger partial charge is 0.326 e. The molecule has 0 saturated heterocycles. The molecule has 0 aliphatic carbocycles. The third kappa shape index (κ3) is 5.17.